The van der Waals surface area contributed by atoms with E-state index in [0.29, 0.717) is 41.2 Å². The Morgan fingerprint density at radius 2 is 1.70 bits per heavy atom. The SMILES string of the molecule is COc1ccc(N(Cc2cccc(Cl)c2)S(=O)(=O)c2ccc3c(c2)OCCO3)cc1. The van der Waals surface area contributed by atoms with Crippen LogP contribution in [-0.2, 0) is 16.6 Å². The summed E-state index contributed by atoms with van der Waals surface area (Å²) in [6, 6.07) is 18.6. The summed E-state index contributed by atoms with van der Waals surface area (Å²) in [5.41, 5.74) is 1.27. The summed E-state index contributed by atoms with van der Waals surface area (Å²) in [5, 5.41) is 0.541. The number of rotatable bonds is 6. The monoisotopic (exact) mass is 445 g/mol. The summed E-state index contributed by atoms with van der Waals surface area (Å²) in [4.78, 5) is 0.115. The molecule has 0 saturated heterocycles. The lowest BCUT2D eigenvalue weighted by molar-refractivity contribution is 0.171. The Morgan fingerprint density at radius 3 is 2.40 bits per heavy atom. The zero-order valence-corrected chi connectivity index (χ0v) is 17.8. The molecule has 6 nitrogen and oxygen atoms in total. The van der Waals surface area contributed by atoms with Crippen LogP contribution in [0.2, 0.25) is 5.02 Å². The van der Waals surface area contributed by atoms with Crippen LogP contribution in [0.3, 0.4) is 0 Å². The van der Waals surface area contributed by atoms with Crippen LogP contribution in [0, 0.1) is 0 Å². The first-order valence-corrected chi connectivity index (χ1v) is 11.1. The molecule has 4 rings (SSSR count). The van der Waals surface area contributed by atoms with Crippen LogP contribution in [0.1, 0.15) is 5.56 Å². The van der Waals surface area contributed by atoms with Gasteiger partial charge in [-0.15, -0.1) is 0 Å². The molecule has 0 fully saturated rings. The van der Waals surface area contributed by atoms with Crippen molar-refractivity contribution in [3.63, 3.8) is 0 Å². The second-order valence-corrected chi connectivity index (χ2v) is 8.94. The lowest BCUT2D eigenvalue weighted by atomic mass is 10.2. The number of methoxy groups -OCH3 is 1. The third-order valence-electron chi connectivity index (χ3n) is 4.68. The quantitative estimate of drug-likeness (QED) is 0.558. The van der Waals surface area contributed by atoms with Crippen LogP contribution in [0.5, 0.6) is 17.2 Å². The largest absolute Gasteiger partial charge is 0.497 e. The molecule has 1 heterocycles. The van der Waals surface area contributed by atoms with Crippen molar-refractivity contribution in [3.8, 4) is 17.2 Å². The molecule has 8 heteroatoms. The van der Waals surface area contributed by atoms with Gasteiger partial charge in [0, 0.05) is 11.1 Å². The maximum absolute atomic E-state index is 13.6. The van der Waals surface area contributed by atoms with Crippen molar-refractivity contribution in [3.05, 3.63) is 77.3 Å². The summed E-state index contributed by atoms with van der Waals surface area (Å²) in [6.07, 6.45) is 0. The highest BCUT2D eigenvalue weighted by atomic mass is 35.5. The van der Waals surface area contributed by atoms with Crippen molar-refractivity contribution >= 4 is 27.3 Å². The van der Waals surface area contributed by atoms with Crippen molar-refractivity contribution in [1.82, 2.24) is 0 Å². The van der Waals surface area contributed by atoms with Crippen LogP contribution in [-0.4, -0.2) is 28.7 Å². The smallest absolute Gasteiger partial charge is 0.264 e. The Hall–Kier alpha value is -2.90. The highest BCUT2D eigenvalue weighted by molar-refractivity contribution is 7.92. The van der Waals surface area contributed by atoms with Crippen LogP contribution >= 0.6 is 11.6 Å². The van der Waals surface area contributed by atoms with E-state index in [0.717, 1.165) is 5.56 Å². The Labute approximate surface area is 180 Å². The van der Waals surface area contributed by atoms with Gasteiger partial charge in [-0.1, -0.05) is 23.7 Å². The Morgan fingerprint density at radius 1 is 0.967 bits per heavy atom. The van der Waals surface area contributed by atoms with Gasteiger partial charge < -0.3 is 14.2 Å². The van der Waals surface area contributed by atoms with Gasteiger partial charge in [0.2, 0.25) is 0 Å². The maximum Gasteiger partial charge on any atom is 0.264 e. The molecule has 0 aromatic heterocycles. The first-order valence-electron chi connectivity index (χ1n) is 9.28. The molecule has 3 aromatic rings. The maximum atomic E-state index is 13.6. The lowest BCUT2D eigenvalue weighted by Crippen LogP contribution is -2.30. The molecule has 0 amide bonds. The Balaban J connectivity index is 1.77. The molecule has 0 bridgehead atoms. The molecule has 0 aliphatic carbocycles. The topological polar surface area (TPSA) is 65.1 Å². The summed E-state index contributed by atoms with van der Waals surface area (Å²) in [7, 11) is -2.34. The minimum absolute atomic E-state index is 0.115. The van der Waals surface area contributed by atoms with E-state index in [1.807, 2.05) is 6.07 Å². The van der Waals surface area contributed by atoms with Gasteiger partial charge in [-0.3, -0.25) is 4.31 Å². The van der Waals surface area contributed by atoms with Gasteiger partial charge in [0.05, 0.1) is 24.2 Å². The standard InChI is InChI=1S/C22H20ClNO5S/c1-27-19-7-5-18(6-8-19)24(15-16-3-2-4-17(23)13-16)30(25,26)20-9-10-21-22(14-20)29-12-11-28-21/h2-10,13-14H,11-12,15H2,1H3. The molecule has 30 heavy (non-hydrogen) atoms. The third-order valence-corrected chi connectivity index (χ3v) is 6.68. The number of anilines is 1. The fourth-order valence-electron chi connectivity index (χ4n) is 3.18. The summed E-state index contributed by atoms with van der Waals surface area (Å²) in [5.74, 6) is 1.59. The van der Waals surface area contributed by atoms with Gasteiger partial charge in [0.15, 0.2) is 11.5 Å². The minimum Gasteiger partial charge on any atom is -0.497 e. The Kier molecular flexibility index (Phi) is 5.74. The fraction of sp³-hybridized carbons (Fsp3) is 0.182. The van der Waals surface area contributed by atoms with Crippen LogP contribution in [0.15, 0.2) is 71.6 Å². The molecule has 0 radical (unpaired) electrons. The number of hydrogen-bond acceptors (Lipinski definition) is 5. The zero-order chi connectivity index (χ0) is 21.1. The zero-order valence-electron chi connectivity index (χ0n) is 16.2. The molecule has 156 valence electrons. The molecule has 1 aliphatic rings. The second-order valence-electron chi connectivity index (χ2n) is 6.65. The van der Waals surface area contributed by atoms with Gasteiger partial charge in [0.25, 0.3) is 10.0 Å². The first-order chi connectivity index (χ1) is 14.5. The van der Waals surface area contributed by atoms with Gasteiger partial charge in [-0.05, 0) is 54.1 Å². The molecule has 0 saturated carbocycles. The molecule has 0 unspecified atom stereocenters. The van der Waals surface area contributed by atoms with Crippen LogP contribution in [0.4, 0.5) is 5.69 Å². The fourth-order valence-corrected chi connectivity index (χ4v) is 4.86. The molecule has 1 aliphatic heterocycles. The van der Waals surface area contributed by atoms with Gasteiger partial charge in [0.1, 0.15) is 19.0 Å². The van der Waals surface area contributed by atoms with E-state index in [-0.39, 0.29) is 11.4 Å². The summed E-state index contributed by atoms with van der Waals surface area (Å²) in [6.45, 7) is 0.927. The molecule has 3 aromatic carbocycles. The van der Waals surface area contributed by atoms with Crippen molar-refractivity contribution in [2.75, 3.05) is 24.6 Å². The van der Waals surface area contributed by atoms with Crippen molar-refractivity contribution in [2.24, 2.45) is 0 Å². The van der Waals surface area contributed by atoms with E-state index in [9.17, 15) is 8.42 Å². The Bertz CT molecular complexity index is 1150. The van der Waals surface area contributed by atoms with E-state index in [1.165, 1.54) is 16.4 Å². The number of ether oxygens (including phenoxy) is 3. The molecule has 0 atom stereocenters. The van der Waals surface area contributed by atoms with E-state index in [1.54, 1.807) is 55.6 Å². The molecular formula is C22H20ClNO5S. The van der Waals surface area contributed by atoms with Crippen molar-refractivity contribution in [1.29, 1.82) is 0 Å². The average Bonchev–Trinajstić information content (AvgIpc) is 2.77. The van der Waals surface area contributed by atoms with Crippen molar-refractivity contribution in [2.45, 2.75) is 11.4 Å². The minimum atomic E-state index is -3.90. The number of sulfonamides is 1. The number of hydrogen-bond donors (Lipinski definition) is 0. The first kappa shape index (κ1) is 20.4. The van der Waals surface area contributed by atoms with E-state index < -0.39 is 10.0 Å². The number of fused-ring (bicyclic) bond motifs is 1. The number of halogens is 1. The van der Waals surface area contributed by atoms with Crippen LogP contribution in [0.25, 0.3) is 0 Å². The highest BCUT2D eigenvalue weighted by Crippen LogP contribution is 2.35. The molecule has 0 spiro atoms. The van der Waals surface area contributed by atoms with Crippen LogP contribution < -0.4 is 18.5 Å². The van der Waals surface area contributed by atoms with Crippen molar-refractivity contribution < 1.29 is 22.6 Å². The summed E-state index contributed by atoms with van der Waals surface area (Å²) >= 11 is 6.11. The highest BCUT2D eigenvalue weighted by Gasteiger charge is 2.27. The van der Waals surface area contributed by atoms with E-state index >= 15 is 0 Å². The summed E-state index contributed by atoms with van der Waals surface area (Å²) < 4.78 is 44.9. The van der Waals surface area contributed by atoms with E-state index in [4.69, 9.17) is 25.8 Å². The second kappa shape index (κ2) is 8.45. The van der Waals surface area contributed by atoms with Gasteiger partial charge in [-0.25, -0.2) is 8.42 Å². The number of benzene rings is 3. The third kappa shape index (κ3) is 4.17. The predicted molar refractivity (Wildman–Crippen MR) is 115 cm³/mol. The number of nitrogens with zero attached hydrogens (tertiary/aromatic N) is 1. The van der Waals surface area contributed by atoms with Gasteiger partial charge in [-0.2, -0.15) is 0 Å². The van der Waals surface area contributed by atoms with E-state index in [2.05, 4.69) is 0 Å². The predicted octanol–water partition coefficient (Wildman–Crippen LogP) is 4.52. The molecular weight excluding hydrogens is 426 g/mol. The normalized spacial score (nSPS) is 13.0. The molecule has 0 N–H and O–H groups in total. The van der Waals surface area contributed by atoms with Gasteiger partial charge >= 0.3 is 0 Å². The average molecular weight is 446 g/mol. The lowest BCUT2D eigenvalue weighted by Gasteiger charge is -2.26.